The van der Waals surface area contributed by atoms with Crippen LogP contribution in [-0.2, 0) is 11.3 Å². The van der Waals surface area contributed by atoms with E-state index in [1.807, 2.05) is 22.9 Å². The number of nitrogens with one attached hydrogen (secondary N) is 1. The topological polar surface area (TPSA) is 59.8 Å². The Bertz CT molecular complexity index is 860. The Morgan fingerprint density at radius 1 is 1.19 bits per heavy atom. The summed E-state index contributed by atoms with van der Waals surface area (Å²) in [6.45, 7) is 4.70. The Balaban J connectivity index is 1.41. The van der Waals surface area contributed by atoms with Gasteiger partial charge >= 0.3 is 0 Å². The minimum atomic E-state index is 0.0556. The molecular formula is C20H22N4OS. The third-order valence-corrected chi connectivity index (χ3v) is 5.14. The number of aryl methyl sites for hydroxylation is 2. The van der Waals surface area contributed by atoms with Gasteiger partial charge in [-0.15, -0.1) is 11.8 Å². The molecule has 0 aliphatic rings. The Kier molecular flexibility index (Phi) is 6.07. The van der Waals surface area contributed by atoms with E-state index in [1.54, 1.807) is 30.5 Å². The molecule has 0 saturated carbocycles. The highest BCUT2D eigenvalue weighted by Gasteiger charge is 2.04. The van der Waals surface area contributed by atoms with Crippen molar-refractivity contribution in [3.8, 4) is 5.82 Å². The van der Waals surface area contributed by atoms with Crippen LogP contribution >= 0.6 is 11.8 Å². The van der Waals surface area contributed by atoms with E-state index in [0.717, 1.165) is 17.1 Å². The van der Waals surface area contributed by atoms with E-state index in [2.05, 4.69) is 47.3 Å². The Labute approximate surface area is 157 Å². The summed E-state index contributed by atoms with van der Waals surface area (Å²) in [6, 6.07) is 10.3. The maximum atomic E-state index is 12.0. The Morgan fingerprint density at radius 3 is 2.77 bits per heavy atom. The van der Waals surface area contributed by atoms with E-state index in [4.69, 9.17) is 0 Å². The molecule has 0 unspecified atom stereocenters. The summed E-state index contributed by atoms with van der Waals surface area (Å²) in [5.74, 6) is 1.63. The quantitative estimate of drug-likeness (QED) is 0.648. The fourth-order valence-corrected chi connectivity index (χ4v) is 3.37. The van der Waals surface area contributed by atoms with Gasteiger partial charge in [0.1, 0.15) is 12.1 Å². The second-order valence-corrected chi connectivity index (χ2v) is 7.28. The molecule has 0 fully saturated rings. The lowest BCUT2D eigenvalue weighted by Crippen LogP contribution is -2.23. The monoisotopic (exact) mass is 366 g/mol. The predicted molar refractivity (Wildman–Crippen MR) is 104 cm³/mol. The van der Waals surface area contributed by atoms with Gasteiger partial charge in [-0.1, -0.05) is 12.1 Å². The lowest BCUT2D eigenvalue weighted by Gasteiger charge is -2.07. The molecule has 3 aromatic rings. The normalized spacial score (nSPS) is 10.7. The zero-order valence-electron chi connectivity index (χ0n) is 15.0. The molecule has 0 atom stereocenters. The van der Waals surface area contributed by atoms with Crippen molar-refractivity contribution in [1.29, 1.82) is 0 Å². The average molecular weight is 366 g/mol. The number of imidazole rings is 1. The first kappa shape index (κ1) is 18.2. The minimum Gasteiger partial charge on any atom is -0.352 e. The van der Waals surface area contributed by atoms with Gasteiger partial charge in [-0.25, -0.2) is 9.97 Å². The number of aromatic nitrogens is 3. The minimum absolute atomic E-state index is 0.0556. The van der Waals surface area contributed by atoms with Gasteiger partial charge in [0.15, 0.2) is 0 Å². The molecule has 134 valence electrons. The highest BCUT2D eigenvalue weighted by molar-refractivity contribution is 7.99. The van der Waals surface area contributed by atoms with Crippen LogP contribution < -0.4 is 5.32 Å². The van der Waals surface area contributed by atoms with Gasteiger partial charge in [-0.3, -0.25) is 9.36 Å². The fourth-order valence-electron chi connectivity index (χ4n) is 2.42. The standard InChI is InChI=1S/C20H22N4OS/c1-15-3-5-18(11-16(15)2)26-10-7-20(25)23-13-17-4-6-19(22-12-17)24-9-8-21-14-24/h3-6,8-9,11-12,14H,7,10,13H2,1-2H3,(H,23,25). The number of benzene rings is 1. The summed E-state index contributed by atoms with van der Waals surface area (Å²) in [4.78, 5) is 21.6. The molecule has 1 amide bonds. The predicted octanol–water partition coefficient (Wildman–Crippen LogP) is 3.68. The van der Waals surface area contributed by atoms with Crippen molar-refractivity contribution in [2.24, 2.45) is 0 Å². The maximum Gasteiger partial charge on any atom is 0.221 e. The Morgan fingerprint density at radius 2 is 2.08 bits per heavy atom. The third-order valence-electron chi connectivity index (χ3n) is 4.14. The van der Waals surface area contributed by atoms with E-state index in [9.17, 15) is 4.79 Å². The number of hydrogen-bond donors (Lipinski definition) is 1. The largest absolute Gasteiger partial charge is 0.352 e. The van der Waals surface area contributed by atoms with Crippen LogP contribution in [0.3, 0.4) is 0 Å². The highest BCUT2D eigenvalue weighted by Crippen LogP contribution is 2.21. The van der Waals surface area contributed by atoms with Crippen LogP contribution in [0.4, 0.5) is 0 Å². The van der Waals surface area contributed by atoms with Gasteiger partial charge in [0, 0.05) is 42.2 Å². The van der Waals surface area contributed by atoms with Gasteiger partial charge in [0.2, 0.25) is 5.91 Å². The molecule has 3 rings (SSSR count). The van der Waals surface area contributed by atoms with Crippen molar-refractivity contribution in [2.45, 2.75) is 31.7 Å². The first-order valence-electron chi connectivity index (χ1n) is 8.52. The van der Waals surface area contributed by atoms with Gasteiger partial charge in [-0.2, -0.15) is 0 Å². The number of rotatable bonds is 7. The molecule has 0 saturated heterocycles. The lowest BCUT2D eigenvalue weighted by molar-refractivity contribution is -0.120. The highest BCUT2D eigenvalue weighted by atomic mass is 32.2. The molecular weight excluding hydrogens is 344 g/mol. The van der Waals surface area contributed by atoms with Gasteiger partial charge < -0.3 is 5.32 Å². The van der Waals surface area contributed by atoms with Crippen LogP contribution in [0, 0.1) is 13.8 Å². The summed E-state index contributed by atoms with van der Waals surface area (Å²) in [5, 5.41) is 2.95. The number of nitrogens with zero attached hydrogens (tertiary/aromatic N) is 3. The number of amides is 1. The van der Waals surface area contributed by atoms with Crippen LogP contribution in [0.1, 0.15) is 23.1 Å². The van der Waals surface area contributed by atoms with E-state index >= 15 is 0 Å². The molecule has 0 bridgehead atoms. The molecule has 1 N–H and O–H groups in total. The first-order chi connectivity index (χ1) is 12.6. The summed E-state index contributed by atoms with van der Waals surface area (Å²) >= 11 is 1.71. The van der Waals surface area contributed by atoms with Gasteiger partial charge in [0.25, 0.3) is 0 Å². The molecule has 6 heteroatoms. The first-order valence-corrected chi connectivity index (χ1v) is 9.50. The van der Waals surface area contributed by atoms with Crippen LogP contribution in [0.25, 0.3) is 5.82 Å². The zero-order chi connectivity index (χ0) is 18.4. The molecule has 0 radical (unpaired) electrons. The van der Waals surface area contributed by atoms with E-state index in [0.29, 0.717) is 13.0 Å². The third kappa shape index (κ3) is 4.95. The lowest BCUT2D eigenvalue weighted by atomic mass is 10.1. The summed E-state index contributed by atoms with van der Waals surface area (Å²) in [7, 11) is 0. The van der Waals surface area contributed by atoms with E-state index < -0.39 is 0 Å². The summed E-state index contributed by atoms with van der Waals surface area (Å²) in [6.07, 6.45) is 7.54. The molecule has 0 aliphatic carbocycles. The van der Waals surface area contributed by atoms with Crippen molar-refractivity contribution in [3.63, 3.8) is 0 Å². The van der Waals surface area contributed by atoms with Crippen molar-refractivity contribution >= 4 is 17.7 Å². The second kappa shape index (κ2) is 8.67. The van der Waals surface area contributed by atoms with Crippen molar-refractivity contribution in [1.82, 2.24) is 19.9 Å². The van der Waals surface area contributed by atoms with Crippen molar-refractivity contribution in [3.05, 3.63) is 71.9 Å². The summed E-state index contributed by atoms with van der Waals surface area (Å²) in [5.41, 5.74) is 3.55. The number of hydrogen-bond acceptors (Lipinski definition) is 4. The van der Waals surface area contributed by atoms with Crippen LogP contribution in [-0.4, -0.2) is 26.2 Å². The smallest absolute Gasteiger partial charge is 0.221 e. The van der Waals surface area contributed by atoms with Crippen molar-refractivity contribution in [2.75, 3.05) is 5.75 Å². The Hall–Kier alpha value is -2.60. The van der Waals surface area contributed by atoms with Crippen LogP contribution in [0.2, 0.25) is 0 Å². The van der Waals surface area contributed by atoms with E-state index in [-0.39, 0.29) is 5.91 Å². The van der Waals surface area contributed by atoms with Crippen LogP contribution in [0.15, 0.2) is 60.1 Å². The number of thioether (sulfide) groups is 1. The molecule has 0 aliphatic heterocycles. The van der Waals surface area contributed by atoms with Crippen LogP contribution in [0.5, 0.6) is 0 Å². The second-order valence-electron chi connectivity index (χ2n) is 6.12. The number of carbonyl (C=O) groups excluding carboxylic acids is 1. The molecule has 2 aromatic heterocycles. The molecule has 5 nitrogen and oxygen atoms in total. The SMILES string of the molecule is Cc1ccc(SCCC(=O)NCc2ccc(-n3ccnc3)nc2)cc1C. The number of carbonyl (C=O) groups is 1. The molecule has 0 spiro atoms. The summed E-state index contributed by atoms with van der Waals surface area (Å²) < 4.78 is 1.84. The van der Waals surface area contributed by atoms with E-state index in [1.165, 1.54) is 16.0 Å². The van der Waals surface area contributed by atoms with Crippen molar-refractivity contribution < 1.29 is 4.79 Å². The number of pyridine rings is 1. The fraction of sp³-hybridized carbons (Fsp3) is 0.250. The molecule has 26 heavy (non-hydrogen) atoms. The van der Waals surface area contributed by atoms with Gasteiger partial charge in [0.05, 0.1) is 0 Å². The molecule has 2 heterocycles. The molecule has 1 aromatic carbocycles. The van der Waals surface area contributed by atoms with Gasteiger partial charge in [-0.05, 0) is 48.7 Å². The zero-order valence-corrected chi connectivity index (χ0v) is 15.8. The average Bonchev–Trinajstić information content (AvgIpc) is 3.18. The maximum absolute atomic E-state index is 12.0.